The molecule has 1 N–H and O–H groups in total. The van der Waals surface area contributed by atoms with Crippen molar-refractivity contribution in [3.63, 3.8) is 0 Å². The van der Waals surface area contributed by atoms with E-state index >= 15 is 0 Å². The minimum Gasteiger partial charge on any atom is -0.481 e. The van der Waals surface area contributed by atoms with Crippen molar-refractivity contribution < 1.29 is 27.3 Å². The van der Waals surface area contributed by atoms with Gasteiger partial charge in [0, 0.05) is 4.90 Å². The van der Waals surface area contributed by atoms with Gasteiger partial charge in [-0.05, 0) is 22.9 Å². The zero-order valence-corrected chi connectivity index (χ0v) is 11.4. The maximum Gasteiger partial charge on any atom is 0.403 e. The fourth-order valence-corrected chi connectivity index (χ4v) is 3.17. The van der Waals surface area contributed by atoms with Crippen molar-refractivity contribution in [1.82, 2.24) is 0 Å². The number of halogens is 3. The number of carboxylic acid groups (broad SMARTS) is 1. The number of hydrogen-bond donors (Lipinski definition) is 1. The molecule has 0 heterocycles. The molecule has 0 spiro atoms. The highest BCUT2D eigenvalue weighted by Gasteiger charge is 2.46. The Bertz CT molecular complexity index is 697. The van der Waals surface area contributed by atoms with Gasteiger partial charge < -0.3 is 5.11 Å². The topological polar surface area (TPSA) is 54.4 Å². The van der Waals surface area contributed by atoms with E-state index in [-0.39, 0.29) is 4.90 Å². The Hall–Kier alpha value is -1.89. The Labute approximate surface area is 120 Å². The molecule has 21 heavy (non-hydrogen) atoms. The SMILES string of the molecule is O=C(O)C(CS(=O)c1ccc2ccccc2c1)C(F)(F)F. The number of benzene rings is 2. The van der Waals surface area contributed by atoms with E-state index in [0.29, 0.717) is 0 Å². The molecule has 0 aliphatic heterocycles. The molecule has 0 saturated heterocycles. The number of hydrogen-bond acceptors (Lipinski definition) is 2. The third kappa shape index (κ3) is 3.60. The lowest BCUT2D eigenvalue weighted by Gasteiger charge is -2.15. The first-order valence-corrected chi connectivity index (χ1v) is 7.27. The lowest BCUT2D eigenvalue weighted by molar-refractivity contribution is -0.188. The van der Waals surface area contributed by atoms with E-state index in [1.807, 2.05) is 12.1 Å². The standard InChI is InChI=1S/C14H11F3O3S/c15-14(16,17)12(13(18)19)8-21(20)11-6-5-9-3-1-2-4-10(9)7-11/h1-7,12H,8H2,(H,18,19). The summed E-state index contributed by atoms with van der Waals surface area (Å²) in [5.74, 6) is -5.64. The Morgan fingerprint density at radius 2 is 1.76 bits per heavy atom. The quantitative estimate of drug-likeness (QED) is 0.942. The van der Waals surface area contributed by atoms with Crippen LogP contribution in [0.4, 0.5) is 13.2 Å². The highest BCUT2D eigenvalue weighted by atomic mass is 32.2. The molecule has 0 aliphatic rings. The van der Waals surface area contributed by atoms with Gasteiger partial charge in [-0.2, -0.15) is 13.2 Å². The molecule has 0 amide bonds. The van der Waals surface area contributed by atoms with Gasteiger partial charge in [-0.1, -0.05) is 30.3 Å². The Kier molecular flexibility index (Phi) is 4.32. The summed E-state index contributed by atoms with van der Waals surface area (Å²) in [4.78, 5) is 10.9. The molecule has 2 aromatic carbocycles. The lowest BCUT2D eigenvalue weighted by atomic mass is 10.1. The molecule has 112 valence electrons. The van der Waals surface area contributed by atoms with Crippen LogP contribution in [-0.2, 0) is 15.6 Å². The normalized spacial score (nSPS) is 14.8. The number of carbonyl (C=O) groups is 1. The lowest BCUT2D eigenvalue weighted by Crippen LogP contribution is -2.35. The third-order valence-corrected chi connectivity index (χ3v) is 4.41. The van der Waals surface area contributed by atoms with Crippen LogP contribution in [0, 0.1) is 5.92 Å². The van der Waals surface area contributed by atoms with Gasteiger partial charge in [0.2, 0.25) is 0 Å². The Morgan fingerprint density at radius 1 is 1.14 bits per heavy atom. The molecule has 0 fully saturated rings. The van der Waals surface area contributed by atoms with Crippen LogP contribution in [0.5, 0.6) is 0 Å². The number of carboxylic acids is 1. The van der Waals surface area contributed by atoms with Gasteiger partial charge in [0.15, 0.2) is 5.92 Å². The van der Waals surface area contributed by atoms with Crippen LogP contribution >= 0.6 is 0 Å². The van der Waals surface area contributed by atoms with Gasteiger partial charge in [-0.3, -0.25) is 9.00 Å². The summed E-state index contributed by atoms with van der Waals surface area (Å²) in [5.41, 5.74) is 0. The van der Waals surface area contributed by atoms with Crippen molar-refractivity contribution in [2.75, 3.05) is 5.75 Å². The summed E-state index contributed by atoms with van der Waals surface area (Å²) < 4.78 is 49.8. The van der Waals surface area contributed by atoms with E-state index in [1.165, 1.54) is 12.1 Å². The van der Waals surface area contributed by atoms with Gasteiger partial charge in [0.05, 0.1) is 16.6 Å². The fraction of sp³-hybridized carbons (Fsp3) is 0.214. The first-order valence-electron chi connectivity index (χ1n) is 5.96. The zero-order valence-electron chi connectivity index (χ0n) is 10.6. The highest BCUT2D eigenvalue weighted by molar-refractivity contribution is 7.85. The van der Waals surface area contributed by atoms with E-state index in [4.69, 9.17) is 5.11 Å². The van der Waals surface area contributed by atoms with Crippen LogP contribution < -0.4 is 0 Å². The third-order valence-electron chi connectivity index (χ3n) is 3.00. The van der Waals surface area contributed by atoms with E-state index in [2.05, 4.69) is 0 Å². The number of alkyl halides is 3. The summed E-state index contributed by atoms with van der Waals surface area (Å²) in [7, 11) is -2.04. The molecule has 0 aromatic heterocycles. The molecule has 0 saturated carbocycles. The zero-order chi connectivity index (χ0) is 15.6. The number of fused-ring (bicyclic) bond motifs is 1. The van der Waals surface area contributed by atoms with Crippen molar-refractivity contribution in [3.05, 3.63) is 42.5 Å². The van der Waals surface area contributed by atoms with Crippen molar-refractivity contribution in [1.29, 1.82) is 0 Å². The predicted molar refractivity (Wildman–Crippen MR) is 72.4 cm³/mol. The summed E-state index contributed by atoms with van der Waals surface area (Å²) >= 11 is 0. The largest absolute Gasteiger partial charge is 0.481 e. The van der Waals surface area contributed by atoms with E-state index < -0.39 is 34.6 Å². The highest BCUT2D eigenvalue weighted by Crippen LogP contribution is 2.29. The van der Waals surface area contributed by atoms with E-state index in [9.17, 15) is 22.2 Å². The molecule has 0 radical (unpaired) electrons. The predicted octanol–water partition coefficient (Wildman–Crippen LogP) is 3.21. The van der Waals surface area contributed by atoms with Crippen molar-refractivity contribution >= 4 is 27.5 Å². The monoisotopic (exact) mass is 316 g/mol. The minimum absolute atomic E-state index is 0.184. The molecular formula is C14H11F3O3S. The second-order valence-corrected chi connectivity index (χ2v) is 5.95. The average Bonchev–Trinajstić information content (AvgIpc) is 2.42. The summed E-state index contributed by atoms with van der Waals surface area (Å²) in [6, 6.07) is 11.7. The van der Waals surface area contributed by atoms with Gasteiger partial charge in [-0.15, -0.1) is 0 Å². The fourth-order valence-electron chi connectivity index (χ4n) is 1.86. The molecule has 2 rings (SSSR count). The minimum atomic E-state index is -4.92. The average molecular weight is 316 g/mol. The number of aliphatic carboxylic acids is 1. The van der Waals surface area contributed by atoms with Crippen LogP contribution in [0.1, 0.15) is 0 Å². The summed E-state index contributed by atoms with van der Waals surface area (Å²) in [5, 5.41) is 10.2. The molecule has 3 nitrogen and oxygen atoms in total. The van der Waals surface area contributed by atoms with Gasteiger partial charge in [-0.25, -0.2) is 0 Å². The Morgan fingerprint density at radius 3 is 2.33 bits per heavy atom. The van der Waals surface area contributed by atoms with Crippen molar-refractivity contribution in [2.45, 2.75) is 11.1 Å². The first-order chi connectivity index (χ1) is 9.79. The Balaban J connectivity index is 2.27. The van der Waals surface area contributed by atoms with E-state index in [1.54, 1.807) is 18.2 Å². The summed E-state index contributed by atoms with van der Waals surface area (Å²) in [6.07, 6.45) is -4.92. The second kappa shape index (κ2) is 5.85. The first kappa shape index (κ1) is 15.5. The van der Waals surface area contributed by atoms with Crippen molar-refractivity contribution in [2.24, 2.45) is 5.92 Å². The van der Waals surface area contributed by atoms with Crippen molar-refractivity contribution in [3.8, 4) is 0 Å². The maximum atomic E-state index is 12.6. The van der Waals surface area contributed by atoms with Crippen LogP contribution in [0.2, 0.25) is 0 Å². The summed E-state index contributed by atoms with van der Waals surface area (Å²) in [6.45, 7) is 0. The molecule has 0 bridgehead atoms. The molecule has 2 atom stereocenters. The second-order valence-electron chi connectivity index (χ2n) is 4.45. The van der Waals surface area contributed by atoms with Gasteiger partial charge in [0.25, 0.3) is 0 Å². The van der Waals surface area contributed by atoms with Crippen LogP contribution in [-0.4, -0.2) is 27.2 Å². The van der Waals surface area contributed by atoms with Gasteiger partial charge >= 0.3 is 12.1 Å². The molecular weight excluding hydrogens is 305 g/mol. The smallest absolute Gasteiger partial charge is 0.403 e. The van der Waals surface area contributed by atoms with Crippen LogP contribution in [0.25, 0.3) is 10.8 Å². The van der Waals surface area contributed by atoms with Crippen LogP contribution in [0.15, 0.2) is 47.4 Å². The number of rotatable bonds is 4. The van der Waals surface area contributed by atoms with Gasteiger partial charge in [0.1, 0.15) is 0 Å². The van der Waals surface area contributed by atoms with Crippen LogP contribution in [0.3, 0.4) is 0 Å². The maximum absolute atomic E-state index is 12.6. The molecule has 7 heteroatoms. The van der Waals surface area contributed by atoms with E-state index in [0.717, 1.165) is 10.8 Å². The molecule has 2 unspecified atom stereocenters. The molecule has 0 aliphatic carbocycles. The molecule has 2 aromatic rings.